The molecule has 21 heavy (non-hydrogen) atoms. The molecule has 0 amide bonds. The average molecular weight is 301 g/mol. The fourth-order valence-electron chi connectivity index (χ4n) is 3.09. The van der Waals surface area contributed by atoms with E-state index in [2.05, 4.69) is 59.4 Å². The van der Waals surface area contributed by atoms with E-state index >= 15 is 0 Å². The summed E-state index contributed by atoms with van der Waals surface area (Å²) < 4.78 is 0. The molecule has 0 spiro atoms. The van der Waals surface area contributed by atoms with Crippen molar-refractivity contribution >= 4 is 11.3 Å². The Morgan fingerprint density at radius 3 is 2.86 bits per heavy atom. The van der Waals surface area contributed by atoms with Gasteiger partial charge in [-0.25, -0.2) is 0 Å². The first-order chi connectivity index (χ1) is 10.2. The van der Waals surface area contributed by atoms with Gasteiger partial charge in [-0.2, -0.15) is 0 Å². The number of hydrogen-bond donors (Lipinski definition) is 1. The summed E-state index contributed by atoms with van der Waals surface area (Å²) in [5.41, 5.74) is 3.35. The Balaban J connectivity index is 1.89. The van der Waals surface area contributed by atoms with Crippen LogP contribution < -0.4 is 5.32 Å². The lowest BCUT2D eigenvalue weighted by Gasteiger charge is -2.48. The summed E-state index contributed by atoms with van der Waals surface area (Å²) in [5, 5.41) is 3.71. The van der Waals surface area contributed by atoms with E-state index in [0.717, 1.165) is 19.6 Å². The fraction of sp³-hybridized carbons (Fsp3) is 0.471. The van der Waals surface area contributed by atoms with E-state index < -0.39 is 0 Å². The molecule has 2 heterocycles. The van der Waals surface area contributed by atoms with Crippen molar-refractivity contribution in [1.82, 2.24) is 15.2 Å². The van der Waals surface area contributed by atoms with Gasteiger partial charge in [0.2, 0.25) is 0 Å². The highest BCUT2D eigenvalue weighted by atomic mass is 32.1. The summed E-state index contributed by atoms with van der Waals surface area (Å²) in [6.45, 7) is 7.67. The minimum Gasteiger partial charge on any atom is -0.311 e. The molecule has 1 N–H and O–H groups in total. The van der Waals surface area contributed by atoms with Crippen LogP contribution in [0, 0.1) is 0 Å². The summed E-state index contributed by atoms with van der Waals surface area (Å²) in [6.07, 6.45) is 3.17. The van der Waals surface area contributed by atoms with Gasteiger partial charge >= 0.3 is 0 Å². The molecule has 0 aliphatic carbocycles. The van der Waals surface area contributed by atoms with Gasteiger partial charge in [-0.1, -0.05) is 37.3 Å². The van der Waals surface area contributed by atoms with Crippen LogP contribution in [0.3, 0.4) is 0 Å². The van der Waals surface area contributed by atoms with Crippen LogP contribution in [0.1, 0.15) is 30.7 Å². The predicted molar refractivity (Wildman–Crippen MR) is 88.4 cm³/mol. The zero-order valence-electron chi connectivity index (χ0n) is 12.7. The first-order valence-corrected chi connectivity index (χ1v) is 8.51. The third-order valence-electron chi connectivity index (χ3n) is 4.59. The van der Waals surface area contributed by atoms with E-state index in [1.165, 1.54) is 16.9 Å². The Labute approximate surface area is 131 Å². The fourth-order valence-corrected chi connectivity index (χ4v) is 3.70. The molecule has 1 aliphatic rings. The summed E-state index contributed by atoms with van der Waals surface area (Å²) >= 11 is 1.75. The molecule has 0 saturated carbocycles. The molecule has 112 valence electrons. The minimum atomic E-state index is 0.0386. The second-order valence-electron chi connectivity index (χ2n) is 5.97. The van der Waals surface area contributed by atoms with Gasteiger partial charge in [-0.15, -0.1) is 11.3 Å². The number of aromatic nitrogens is 1. The lowest BCUT2D eigenvalue weighted by Crippen LogP contribution is -2.60. The van der Waals surface area contributed by atoms with Crippen LogP contribution in [0.2, 0.25) is 0 Å². The number of hydrogen-bond acceptors (Lipinski definition) is 4. The number of nitrogens with one attached hydrogen (secondary N) is 1. The van der Waals surface area contributed by atoms with Crippen molar-refractivity contribution in [1.29, 1.82) is 0 Å². The van der Waals surface area contributed by atoms with Gasteiger partial charge < -0.3 is 5.32 Å². The van der Waals surface area contributed by atoms with Crippen molar-refractivity contribution in [2.75, 3.05) is 13.1 Å². The maximum absolute atomic E-state index is 4.22. The van der Waals surface area contributed by atoms with E-state index in [9.17, 15) is 0 Å². The minimum absolute atomic E-state index is 0.0386. The van der Waals surface area contributed by atoms with Crippen LogP contribution in [0.15, 0.2) is 42.0 Å². The average Bonchev–Trinajstić information content (AvgIpc) is 3.03. The highest BCUT2D eigenvalue weighted by molar-refractivity contribution is 7.09. The molecular weight excluding hydrogens is 278 g/mol. The van der Waals surface area contributed by atoms with Gasteiger partial charge in [0.1, 0.15) is 0 Å². The Hall–Kier alpha value is -1.23. The molecule has 1 aliphatic heterocycles. The van der Waals surface area contributed by atoms with E-state index in [-0.39, 0.29) is 5.54 Å². The third-order valence-corrected chi connectivity index (χ3v) is 5.36. The summed E-state index contributed by atoms with van der Waals surface area (Å²) in [5.74, 6) is 0. The van der Waals surface area contributed by atoms with Crippen molar-refractivity contribution in [3.05, 3.63) is 52.5 Å². The molecule has 2 atom stereocenters. The summed E-state index contributed by atoms with van der Waals surface area (Å²) in [4.78, 5) is 8.18. The lowest BCUT2D eigenvalue weighted by atomic mass is 9.86. The predicted octanol–water partition coefficient (Wildman–Crippen LogP) is 3.24. The molecule has 0 bridgehead atoms. The molecule has 3 nitrogen and oxygen atoms in total. The van der Waals surface area contributed by atoms with Crippen LogP contribution >= 0.6 is 11.3 Å². The second-order valence-corrected chi connectivity index (χ2v) is 6.95. The zero-order chi connectivity index (χ0) is 14.7. The van der Waals surface area contributed by atoms with Crippen LogP contribution in [0.5, 0.6) is 0 Å². The van der Waals surface area contributed by atoms with Gasteiger partial charge in [0.05, 0.1) is 11.0 Å². The maximum atomic E-state index is 4.22. The molecule has 2 unspecified atom stereocenters. The quantitative estimate of drug-likeness (QED) is 0.939. The van der Waals surface area contributed by atoms with Gasteiger partial charge in [-0.3, -0.25) is 9.88 Å². The topological polar surface area (TPSA) is 28.2 Å². The largest absolute Gasteiger partial charge is 0.311 e. The van der Waals surface area contributed by atoms with Crippen molar-refractivity contribution in [2.24, 2.45) is 0 Å². The van der Waals surface area contributed by atoms with Crippen molar-refractivity contribution < 1.29 is 0 Å². The van der Waals surface area contributed by atoms with Crippen LogP contribution in [0.4, 0.5) is 0 Å². The Morgan fingerprint density at radius 2 is 2.19 bits per heavy atom. The smallest absolute Gasteiger partial charge is 0.0794 e. The molecule has 4 heteroatoms. The van der Waals surface area contributed by atoms with Crippen molar-refractivity contribution in [2.45, 2.75) is 38.4 Å². The molecule has 2 aromatic rings. The lowest BCUT2D eigenvalue weighted by molar-refractivity contribution is 0.0420. The molecule has 1 fully saturated rings. The molecular formula is C17H23N3S. The van der Waals surface area contributed by atoms with Crippen molar-refractivity contribution in [3.63, 3.8) is 0 Å². The Morgan fingerprint density at radius 1 is 1.38 bits per heavy atom. The second kappa shape index (κ2) is 6.26. The van der Waals surface area contributed by atoms with Crippen LogP contribution in [0.25, 0.3) is 0 Å². The Bertz CT molecular complexity index is 555. The highest BCUT2D eigenvalue weighted by Crippen LogP contribution is 2.32. The van der Waals surface area contributed by atoms with Crippen molar-refractivity contribution in [3.8, 4) is 0 Å². The summed E-state index contributed by atoms with van der Waals surface area (Å²) in [7, 11) is 0. The summed E-state index contributed by atoms with van der Waals surface area (Å²) in [6, 6.07) is 11.4. The van der Waals surface area contributed by atoms with Gasteiger partial charge in [0.15, 0.2) is 0 Å². The molecule has 1 saturated heterocycles. The first-order valence-electron chi connectivity index (χ1n) is 7.63. The Kier molecular flexibility index (Phi) is 4.38. The molecule has 3 rings (SSSR count). The normalized spacial score (nSPS) is 26.9. The number of rotatable bonds is 4. The van der Waals surface area contributed by atoms with Gasteiger partial charge in [0.25, 0.3) is 0 Å². The van der Waals surface area contributed by atoms with E-state index in [1.807, 2.05) is 11.7 Å². The monoisotopic (exact) mass is 301 g/mol. The van der Waals surface area contributed by atoms with Gasteiger partial charge in [-0.05, 0) is 18.9 Å². The first kappa shape index (κ1) is 14.7. The third kappa shape index (κ3) is 3.03. The number of benzene rings is 1. The number of nitrogens with zero attached hydrogens (tertiary/aromatic N) is 2. The maximum Gasteiger partial charge on any atom is 0.0794 e. The van der Waals surface area contributed by atoms with E-state index in [0.29, 0.717) is 6.04 Å². The van der Waals surface area contributed by atoms with Crippen LogP contribution in [-0.2, 0) is 12.1 Å². The zero-order valence-corrected chi connectivity index (χ0v) is 13.6. The standard InChI is InChI=1S/C17H23N3S/c1-3-15-10-20(11-16-9-18-13-21-16)17(2,12-19-15)14-7-5-4-6-8-14/h4-9,13,15,19H,3,10-12H2,1-2H3. The SMILES string of the molecule is CCC1CN(Cc2cncs2)C(C)(c2ccccc2)CN1. The van der Waals surface area contributed by atoms with Gasteiger partial charge in [0, 0.05) is 36.8 Å². The molecule has 1 aromatic carbocycles. The van der Waals surface area contributed by atoms with E-state index in [1.54, 1.807) is 11.3 Å². The molecule has 1 aromatic heterocycles. The van der Waals surface area contributed by atoms with E-state index in [4.69, 9.17) is 0 Å². The number of thiazole rings is 1. The van der Waals surface area contributed by atoms with Crippen LogP contribution in [-0.4, -0.2) is 29.0 Å². The number of piperazine rings is 1. The molecule has 0 radical (unpaired) electrons. The highest BCUT2D eigenvalue weighted by Gasteiger charge is 2.38.